The van der Waals surface area contributed by atoms with Gasteiger partial charge in [0.15, 0.2) is 5.82 Å². The highest BCUT2D eigenvalue weighted by Crippen LogP contribution is 2.37. The topological polar surface area (TPSA) is 61.3 Å². The number of hydrogen-bond donors (Lipinski definition) is 1. The summed E-state index contributed by atoms with van der Waals surface area (Å²) in [6.45, 7) is 2.83. The molecule has 21 heavy (non-hydrogen) atoms. The zero-order chi connectivity index (χ0) is 14.8. The summed E-state index contributed by atoms with van der Waals surface area (Å²) < 4.78 is 12.1. The Morgan fingerprint density at radius 1 is 1.43 bits per heavy atom. The average Bonchev–Trinajstić information content (AvgIpc) is 2.77. The number of aromatic nitrogens is 1. The van der Waals surface area contributed by atoms with Crippen LogP contribution in [0.25, 0.3) is 11.1 Å². The molecule has 2 aromatic rings. The number of benzene rings is 1. The van der Waals surface area contributed by atoms with Crippen LogP contribution in [0.15, 0.2) is 33.3 Å². The van der Waals surface area contributed by atoms with Crippen molar-refractivity contribution in [3.05, 3.63) is 34.5 Å². The first-order valence-corrected chi connectivity index (χ1v) is 8.08. The maximum Gasteiger partial charge on any atom is 0.175 e. The first kappa shape index (κ1) is 14.6. The molecule has 1 heterocycles. The van der Waals surface area contributed by atoms with Crippen molar-refractivity contribution in [1.82, 2.24) is 5.16 Å². The lowest BCUT2D eigenvalue weighted by Crippen LogP contribution is -2.32. The predicted molar refractivity (Wildman–Crippen MR) is 85.9 cm³/mol. The van der Waals surface area contributed by atoms with Crippen LogP contribution < -0.4 is 5.73 Å². The lowest BCUT2D eigenvalue weighted by atomic mass is 9.79. The number of hydrogen-bond acceptors (Lipinski definition) is 4. The fourth-order valence-corrected chi connectivity index (χ4v) is 3.31. The van der Waals surface area contributed by atoms with Crippen molar-refractivity contribution < 1.29 is 9.26 Å². The molecule has 1 aromatic heterocycles. The molecular weight excluding hydrogens is 332 g/mol. The van der Waals surface area contributed by atoms with Crippen molar-refractivity contribution in [3.63, 3.8) is 0 Å². The van der Waals surface area contributed by atoms with Crippen LogP contribution in [0.4, 0.5) is 5.82 Å². The Balaban J connectivity index is 1.76. The number of nitrogen functional groups attached to an aromatic ring is 1. The molecule has 1 fully saturated rings. The lowest BCUT2D eigenvalue weighted by molar-refractivity contribution is -0.0254. The Labute approximate surface area is 132 Å². The zero-order valence-corrected chi connectivity index (χ0v) is 13.6. The van der Waals surface area contributed by atoms with Gasteiger partial charge in [0, 0.05) is 17.5 Å². The molecule has 112 valence electrons. The van der Waals surface area contributed by atoms with Crippen LogP contribution in [-0.4, -0.2) is 17.9 Å². The standard InChI is InChI=1S/C16H19BrN2O2/c1-2-20-13-6-10(7-13)8-14-15(16(18)19-21-14)11-4-3-5-12(17)9-11/h3-5,9-10,13H,2,6-8H2,1H3,(H2,18,19). The Kier molecular flexibility index (Phi) is 4.31. The predicted octanol–water partition coefficient (Wildman–Crippen LogP) is 4.04. The van der Waals surface area contributed by atoms with Crippen LogP contribution >= 0.6 is 15.9 Å². The Morgan fingerprint density at radius 2 is 2.24 bits per heavy atom. The average molecular weight is 351 g/mol. The number of nitrogens with two attached hydrogens (primary N) is 1. The van der Waals surface area contributed by atoms with Gasteiger partial charge in [-0.15, -0.1) is 0 Å². The summed E-state index contributed by atoms with van der Waals surface area (Å²) >= 11 is 3.49. The molecule has 0 spiro atoms. The van der Waals surface area contributed by atoms with E-state index < -0.39 is 0 Å². The van der Waals surface area contributed by atoms with Gasteiger partial charge in [-0.2, -0.15) is 0 Å². The minimum atomic E-state index is 0.412. The highest BCUT2D eigenvalue weighted by molar-refractivity contribution is 9.10. The second-order valence-corrected chi connectivity index (χ2v) is 6.41. The van der Waals surface area contributed by atoms with E-state index in [-0.39, 0.29) is 0 Å². The molecule has 5 heteroatoms. The molecule has 1 aliphatic carbocycles. The fraction of sp³-hybridized carbons (Fsp3) is 0.438. The third-order valence-electron chi connectivity index (χ3n) is 3.97. The fourth-order valence-electron chi connectivity index (χ4n) is 2.91. The monoisotopic (exact) mass is 350 g/mol. The zero-order valence-electron chi connectivity index (χ0n) is 12.0. The lowest BCUT2D eigenvalue weighted by Gasteiger charge is -2.34. The molecule has 1 aromatic carbocycles. The van der Waals surface area contributed by atoms with E-state index in [1.54, 1.807) is 0 Å². The van der Waals surface area contributed by atoms with Crippen molar-refractivity contribution in [3.8, 4) is 11.1 Å². The highest BCUT2D eigenvalue weighted by Gasteiger charge is 2.32. The van der Waals surface area contributed by atoms with Crippen LogP contribution in [0.2, 0.25) is 0 Å². The molecule has 3 rings (SSSR count). The maximum absolute atomic E-state index is 5.99. The molecule has 1 aliphatic rings. The molecule has 0 aliphatic heterocycles. The first-order chi connectivity index (χ1) is 10.2. The van der Waals surface area contributed by atoms with Crippen LogP contribution in [0, 0.1) is 5.92 Å². The molecule has 4 nitrogen and oxygen atoms in total. The van der Waals surface area contributed by atoms with Gasteiger partial charge < -0.3 is 15.0 Å². The smallest absolute Gasteiger partial charge is 0.175 e. The summed E-state index contributed by atoms with van der Waals surface area (Å²) in [6.07, 6.45) is 3.46. The van der Waals surface area contributed by atoms with Crippen molar-refractivity contribution in [2.75, 3.05) is 12.3 Å². The number of nitrogens with zero attached hydrogens (tertiary/aromatic N) is 1. The molecule has 0 radical (unpaired) electrons. The van der Waals surface area contributed by atoms with Crippen molar-refractivity contribution in [2.24, 2.45) is 5.92 Å². The van der Waals surface area contributed by atoms with Gasteiger partial charge in [0.25, 0.3) is 0 Å². The van der Waals surface area contributed by atoms with Crippen molar-refractivity contribution >= 4 is 21.7 Å². The van der Waals surface area contributed by atoms with Gasteiger partial charge in [-0.3, -0.25) is 0 Å². The third-order valence-corrected chi connectivity index (χ3v) is 4.46. The summed E-state index contributed by atoms with van der Waals surface area (Å²) in [5.74, 6) is 1.94. The number of halogens is 1. The van der Waals surface area contributed by atoms with E-state index in [1.807, 2.05) is 31.2 Å². The Bertz CT molecular complexity index is 620. The number of ether oxygens (including phenoxy) is 1. The van der Waals surface area contributed by atoms with Crippen LogP contribution in [0.1, 0.15) is 25.5 Å². The van der Waals surface area contributed by atoms with Crippen molar-refractivity contribution in [2.45, 2.75) is 32.3 Å². The first-order valence-electron chi connectivity index (χ1n) is 7.29. The van der Waals surface area contributed by atoms with Crippen LogP contribution in [0.5, 0.6) is 0 Å². The second-order valence-electron chi connectivity index (χ2n) is 5.50. The third kappa shape index (κ3) is 3.14. The van der Waals surface area contributed by atoms with Gasteiger partial charge in [-0.05, 0) is 43.4 Å². The van der Waals surface area contributed by atoms with E-state index in [0.29, 0.717) is 17.8 Å². The summed E-state index contributed by atoms with van der Waals surface area (Å²) in [4.78, 5) is 0. The van der Waals surface area contributed by atoms with Gasteiger partial charge in [-0.25, -0.2) is 0 Å². The van der Waals surface area contributed by atoms with Crippen LogP contribution in [-0.2, 0) is 11.2 Å². The number of rotatable bonds is 5. The van der Waals surface area contributed by atoms with Gasteiger partial charge in [0.2, 0.25) is 0 Å². The molecule has 0 atom stereocenters. The van der Waals surface area contributed by atoms with E-state index in [1.165, 1.54) is 0 Å². The molecule has 0 amide bonds. The maximum atomic E-state index is 5.99. The van der Waals surface area contributed by atoms with E-state index in [4.69, 9.17) is 15.0 Å². The van der Waals surface area contributed by atoms with Crippen LogP contribution in [0.3, 0.4) is 0 Å². The van der Waals surface area contributed by atoms with Gasteiger partial charge >= 0.3 is 0 Å². The van der Waals surface area contributed by atoms with E-state index in [9.17, 15) is 0 Å². The highest BCUT2D eigenvalue weighted by atomic mass is 79.9. The molecule has 0 unspecified atom stereocenters. The minimum Gasteiger partial charge on any atom is -0.380 e. The summed E-state index contributed by atoms with van der Waals surface area (Å²) in [6, 6.07) is 8.05. The Hall–Kier alpha value is -1.33. The van der Waals surface area contributed by atoms with E-state index in [2.05, 4.69) is 21.1 Å². The van der Waals surface area contributed by atoms with Crippen molar-refractivity contribution in [1.29, 1.82) is 0 Å². The molecule has 0 saturated heterocycles. The normalized spacial score (nSPS) is 21.2. The molecule has 1 saturated carbocycles. The molecular formula is C16H19BrN2O2. The number of anilines is 1. The SMILES string of the molecule is CCOC1CC(Cc2onc(N)c2-c2cccc(Br)c2)C1. The van der Waals surface area contributed by atoms with E-state index >= 15 is 0 Å². The quantitative estimate of drug-likeness (QED) is 0.883. The minimum absolute atomic E-state index is 0.412. The molecule has 2 N–H and O–H groups in total. The largest absolute Gasteiger partial charge is 0.380 e. The van der Waals surface area contributed by atoms with Gasteiger partial charge in [0.05, 0.1) is 11.7 Å². The summed E-state index contributed by atoms with van der Waals surface area (Å²) in [7, 11) is 0. The summed E-state index contributed by atoms with van der Waals surface area (Å²) in [5, 5.41) is 3.95. The second kappa shape index (κ2) is 6.20. The van der Waals surface area contributed by atoms with Gasteiger partial charge in [0.1, 0.15) is 5.76 Å². The summed E-state index contributed by atoms with van der Waals surface area (Å²) in [5.41, 5.74) is 7.96. The van der Waals surface area contributed by atoms with E-state index in [0.717, 1.165) is 47.2 Å². The Morgan fingerprint density at radius 3 is 2.95 bits per heavy atom. The molecule has 0 bridgehead atoms. The van der Waals surface area contributed by atoms with Gasteiger partial charge in [-0.1, -0.05) is 33.2 Å².